The summed E-state index contributed by atoms with van der Waals surface area (Å²) in [6.07, 6.45) is 0. The summed E-state index contributed by atoms with van der Waals surface area (Å²) in [5, 5.41) is 0. The predicted octanol–water partition coefficient (Wildman–Crippen LogP) is 1.61. The van der Waals surface area contributed by atoms with Crippen molar-refractivity contribution in [2.45, 2.75) is 19.4 Å². The molecule has 11 heavy (non-hydrogen) atoms. The normalized spacial score (nSPS) is 14.0. The first-order chi connectivity index (χ1) is 4.65. The van der Waals surface area contributed by atoms with Crippen LogP contribution >= 0.6 is 39.0 Å². The van der Waals surface area contributed by atoms with Crippen LogP contribution in [0.25, 0.3) is 0 Å². The Hall–Kier alpha value is 1.08. The summed E-state index contributed by atoms with van der Waals surface area (Å²) in [5.74, 6) is -0.297. The number of rotatable bonds is 3. The van der Waals surface area contributed by atoms with Crippen molar-refractivity contribution in [3.63, 3.8) is 0 Å². The van der Waals surface area contributed by atoms with E-state index in [1.54, 1.807) is 13.8 Å². The van der Waals surface area contributed by atoms with Crippen molar-refractivity contribution < 1.29 is 13.0 Å². The van der Waals surface area contributed by atoms with Crippen molar-refractivity contribution in [3.8, 4) is 0 Å². The van der Waals surface area contributed by atoms with Gasteiger partial charge in [0.15, 0.2) is 0 Å². The van der Waals surface area contributed by atoms with E-state index in [1.165, 1.54) is 2.14 Å². The highest BCUT2D eigenvalue weighted by Crippen LogP contribution is 2.24. The fourth-order valence-corrected chi connectivity index (χ4v) is 2.21. The molecule has 0 saturated heterocycles. The van der Waals surface area contributed by atoms with Crippen LogP contribution < -0.4 is 0 Å². The summed E-state index contributed by atoms with van der Waals surface area (Å²) < 4.78 is 31.0. The lowest BCUT2D eigenvalue weighted by Crippen LogP contribution is -2.38. The fourth-order valence-electron chi connectivity index (χ4n) is 0.495. The van der Waals surface area contributed by atoms with Gasteiger partial charge in [0, 0.05) is 39.0 Å². The minimum atomic E-state index is -3.90. The first-order valence-corrected chi connectivity index (χ1v) is 6.00. The summed E-state index contributed by atoms with van der Waals surface area (Å²) in [6, 6.07) is 0. The maximum absolute atomic E-state index is 10.5. The molecule has 0 spiro atoms. The molecule has 68 valence electrons. The Balaban J connectivity index is 4.38. The molecule has 0 rings (SSSR count). The van der Waals surface area contributed by atoms with Crippen LogP contribution in [-0.4, -0.2) is 26.4 Å². The molecule has 0 aliphatic carbocycles. The van der Waals surface area contributed by atoms with E-state index in [0.717, 1.165) is 0 Å². The van der Waals surface area contributed by atoms with Crippen molar-refractivity contribution in [1.82, 2.24) is 2.14 Å². The number of hydrogen-bond donors (Lipinski definition) is 1. The van der Waals surface area contributed by atoms with Crippen LogP contribution in [0.2, 0.25) is 0 Å². The summed E-state index contributed by atoms with van der Waals surface area (Å²) in [6.45, 7) is 3.39. The van der Waals surface area contributed by atoms with Gasteiger partial charge in [0.05, 0.1) is 11.3 Å². The summed E-state index contributed by atoms with van der Waals surface area (Å²) >= 11 is 4.99. The number of halogens is 2. The van der Waals surface area contributed by atoms with Gasteiger partial charge in [-0.3, -0.25) is 4.55 Å². The van der Waals surface area contributed by atoms with Gasteiger partial charge in [-0.25, -0.2) is 0 Å². The second-order valence-electron chi connectivity index (χ2n) is 2.77. The average Bonchev–Trinajstić information content (AvgIpc) is 1.56. The zero-order valence-corrected chi connectivity index (χ0v) is 10.6. The van der Waals surface area contributed by atoms with Crippen molar-refractivity contribution in [1.29, 1.82) is 0 Å². The molecule has 0 heterocycles. The lowest BCUT2D eigenvalue weighted by Gasteiger charge is -2.26. The zero-order valence-electron chi connectivity index (χ0n) is 6.08. The van der Waals surface area contributed by atoms with E-state index in [4.69, 9.17) is 4.55 Å². The highest BCUT2D eigenvalue weighted by molar-refractivity contribution is 14.1. The third-order valence-electron chi connectivity index (χ3n) is 0.993. The van der Waals surface area contributed by atoms with Crippen LogP contribution in [0, 0.1) is 0 Å². The van der Waals surface area contributed by atoms with Gasteiger partial charge in [-0.15, -0.1) is 0 Å². The van der Waals surface area contributed by atoms with Gasteiger partial charge in [0.25, 0.3) is 10.1 Å². The quantitative estimate of drug-likeness (QED) is 0.473. The molecular formula is C4H9BrINO3S. The van der Waals surface area contributed by atoms with Crippen molar-refractivity contribution in [3.05, 3.63) is 0 Å². The second-order valence-corrected chi connectivity index (χ2v) is 7.22. The van der Waals surface area contributed by atoms with Crippen LogP contribution in [0.4, 0.5) is 0 Å². The average molecular weight is 358 g/mol. The molecule has 0 aromatic heterocycles. The van der Waals surface area contributed by atoms with E-state index in [-0.39, 0.29) is 5.75 Å². The van der Waals surface area contributed by atoms with E-state index in [9.17, 15) is 8.42 Å². The molecule has 0 aromatic carbocycles. The maximum Gasteiger partial charge on any atom is 0.266 e. The molecule has 0 aromatic rings. The molecule has 0 aliphatic heterocycles. The van der Waals surface area contributed by atoms with E-state index in [2.05, 4.69) is 16.1 Å². The molecule has 0 saturated carbocycles. The van der Waals surface area contributed by atoms with Crippen LogP contribution in [0.15, 0.2) is 0 Å². The van der Waals surface area contributed by atoms with E-state index in [0.29, 0.717) is 0 Å². The molecule has 4 nitrogen and oxygen atoms in total. The Morgan fingerprint density at radius 3 is 2.09 bits per heavy atom. The fraction of sp³-hybridized carbons (Fsp3) is 1.00. The molecule has 0 aliphatic rings. The molecule has 0 bridgehead atoms. The van der Waals surface area contributed by atoms with Gasteiger partial charge >= 0.3 is 0 Å². The predicted molar refractivity (Wildman–Crippen MR) is 55.3 cm³/mol. The van der Waals surface area contributed by atoms with Crippen molar-refractivity contribution >= 4 is 49.1 Å². The summed E-state index contributed by atoms with van der Waals surface area (Å²) in [4.78, 5) is 0. The minimum Gasteiger partial charge on any atom is -0.285 e. The van der Waals surface area contributed by atoms with E-state index in [1.807, 2.05) is 22.9 Å². The Labute approximate surface area is 88.9 Å². The van der Waals surface area contributed by atoms with Gasteiger partial charge in [-0.2, -0.15) is 10.6 Å². The zero-order chi connectivity index (χ0) is 9.28. The molecule has 0 radical (unpaired) electrons. The molecule has 0 fully saturated rings. The monoisotopic (exact) mass is 357 g/mol. The second kappa shape index (κ2) is 3.86. The minimum absolute atomic E-state index is 0.297. The molecule has 0 atom stereocenters. The Kier molecular flexibility index (Phi) is 4.24. The number of hydrogen-bond acceptors (Lipinski definition) is 3. The maximum atomic E-state index is 10.5. The highest BCUT2D eigenvalue weighted by atomic mass is 127. The number of nitrogens with zero attached hydrogens (tertiary/aromatic N) is 1. The molecule has 0 unspecified atom stereocenters. The Morgan fingerprint density at radius 1 is 1.64 bits per heavy atom. The van der Waals surface area contributed by atoms with Crippen LogP contribution in [-0.2, 0) is 10.1 Å². The molecule has 7 heteroatoms. The van der Waals surface area contributed by atoms with Crippen LogP contribution in [0.1, 0.15) is 13.8 Å². The standard InChI is InChI=1S/C4H9BrINO3S/c1-4(2,7(5)6)3-11(8,9)10/h3H2,1-2H3,(H,8,9,10). The van der Waals surface area contributed by atoms with E-state index >= 15 is 0 Å². The lowest BCUT2D eigenvalue weighted by atomic mass is 10.1. The highest BCUT2D eigenvalue weighted by Gasteiger charge is 2.29. The molecule has 0 amide bonds. The van der Waals surface area contributed by atoms with Crippen molar-refractivity contribution in [2.24, 2.45) is 0 Å². The Morgan fingerprint density at radius 2 is 2.00 bits per heavy atom. The van der Waals surface area contributed by atoms with E-state index < -0.39 is 15.7 Å². The topological polar surface area (TPSA) is 57.6 Å². The lowest BCUT2D eigenvalue weighted by molar-refractivity contribution is 0.413. The third kappa shape index (κ3) is 5.34. The first kappa shape index (κ1) is 12.1. The van der Waals surface area contributed by atoms with Gasteiger partial charge in [0.2, 0.25) is 0 Å². The van der Waals surface area contributed by atoms with Crippen LogP contribution in [0.3, 0.4) is 0 Å². The molecule has 1 N–H and O–H groups in total. The smallest absolute Gasteiger partial charge is 0.266 e. The van der Waals surface area contributed by atoms with Gasteiger partial charge in [0.1, 0.15) is 0 Å². The largest absolute Gasteiger partial charge is 0.285 e. The van der Waals surface area contributed by atoms with Crippen LogP contribution in [0.5, 0.6) is 0 Å². The first-order valence-electron chi connectivity index (χ1n) is 2.72. The SMILES string of the molecule is CC(C)(CS(=O)(=O)O)N(Br)I. The van der Waals surface area contributed by atoms with Gasteiger partial charge < -0.3 is 0 Å². The van der Waals surface area contributed by atoms with Gasteiger partial charge in [-0.1, -0.05) is 0 Å². The third-order valence-corrected chi connectivity index (χ3v) is 4.33. The van der Waals surface area contributed by atoms with Gasteiger partial charge in [-0.05, 0) is 13.8 Å². The summed E-state index contributed by atoms with van der Waals surface area (Å²) in [5.41, 5.74) is -0.617. The molecular weight excluding hydrogens is 349 g/mol. The van der Waals surface area contributed by atoms with Crippen molar-refractivity contribution in [2.75, 3.05) is 5.75 Å². The Bertz CT molecular complexity index is 225. The summed E-state index contributed by atoms with van der Waals surface area (Å²) in [7, 11) is -3.90.